The lowest BCUT2D eigenvalue weighted by Gasteiger charge is -2.27. The Labute approximate surface area is 212 Å². The number of barbiturate groups is 1. The number of carbonyl (C=O) groups excluding carboxylic acids is 3. The minimum Gasteiger partial charge on any atom is -0.488 e. The normalized spacial score (nSPS) is 15.3. The van der Waals surface area contributed by atoms with Crippen molar-refractivity contribution in [2.75, 3.05) is 4.90 Å². The predicted octanol–water partition coefficient (Wildman–Crippen LogP) is 6.26. The fourth-order valence-corrected chi connectivity index (χ4v) is 3.79. The number of alkyl halides is 3. The molecule has 3 aromatic rings. The lowest BCUT2D eigenvalue weighted by atomic mass is 10.1. The van der Waals surface area contributed by atoms with E-state index < -0.39 is 40.8 Å². The van der Waals surface area contributed by atoms with Crippen molar-refractivity contribution in [1.29, 1.82) is 0 Å². The van der Waals surface area contributed by atoms with Crippen LogP contribution in [0.15, 0.2) is 72.3 Å². The molecule has 0 bridgehead atoms. The van der Waals surface area contributed by atoms with Crippen molar-refractivity contribution in [3.63, 3.8) is 0 Å². The molecule has 0 radical (unpaired) electrons. The van der Waals surface area contributed by atoms with Gasteiger partial charge >= 0.3 is 12.2 Å². The third-order valence-electron chi connectivity index (χ3n) is 5.18. The van der Waals surface area contributed by atoms with Gasteiger partial charge in [0.1, 0.15) is 17.9 Å². The molecule has 11 heteroatoms. The van der Waals surface area contributed by atoms with Crippen LogP contribution >= 0.6 is 23.2 Å². The zero-order valence-corrected chi connectivity index (χ0v) is 19.6. The molecule has 36 heavy (non-hydrogen) atoms. The second kappa shape index (κ2) is 10.0. The molecule has 1 saturated heterocycles. The van der Waals surface area contributed by atoms with E-state index in [1.54, 1.807) is 48.5 Å². The number of rotatable bonds is 5. The van der Waals surface area contributed by atoms with Crippen LogP contribution in [0.2, 0.25) is 10.0 Å². The van der Waals surface area contributed by atoms with Crippen molar-refractivity contribution >= 4 is 52.8 Å². The third-order valence-corrected chi connectivity index (χ3v) is 5.86. The number of imide groups is 2. The van der Waals surface area contributed by atoms with Crippen molar-refractivity contribution in [2.24, 2.45) is 0 Å². The molecular formula is C25H15Cl2F3N2O4. The van der Waals surface area contributed by atoms with Gasteiger partial charge in [-0.15, -0.1) is 0 Å². The molecule has 0 aromatic heterocycles. The van der Waals surface area contributed by atoms with Crippen LogP contribution < -0.4 is 15.0 Å². The molecule has 1 aliphatic rings. The Bertz CT molecular complexity index is 1410. The molecule has 0 saturated carbocycles. The van der Waals surface area contributed by atoms with Crippen LogP contribution in [0.3, 0.4) is 0 Å². The molecule has 0 spiro atoms. The van der Waals surface area contributed by atoms with Gasteiger partial charge in [-0.25, -0.2) is 9.69 Å². The van der Waals surface area contributed by atoms with Crippen LogP contribution in [0.5, 0.6) is 5.75 Å². The summed E-state index contributed by atoms with van der Waals surface area (Å²) in [5, 5.41) is 2.16. The number of hydrogen-bond donors (Lipinski definition) is 1. The topological polar surface area (TPSA) is 75.7 Å². The van der Waals surface area contributed by atoms with E-state index in [0.29, 0.717) is 38.9 Å². The lowest BCUT2D eigenvalue weighted by Crippen LogP contribution is -2.54. The zero-order chi connectivity index (χ0) is 26.0. The monoisotopic (exact) mass is 534 g/mol. The number of para-hydroxylation sites is 1. The summed E-state index contributed by atoms with van der Waals surface area (Å²) < 4.78 is 45.5. The van der Waals surface area contributed by atoms with E-state index >= 15 is 0 Å². The highest BCUT2D eigenvalue weighted by Crippen LogP contribution is 2.37. The maximum absolute atomic E-state index is 13.2. The first-order valence-electron chi connectivity index (χ1n) is 10.3. The number of carbonyl (C=O) groups is 3. The fraction of sp³-hybridized carbons (Fsp3) is 0.0800. The predicted molar refractivity (Wildman–Crippen MR) is 128 cm³/mol. The number of benzene rings is 3. The molecule has 1 N–H and O–H groups in total. The molecular weight excluding hydrogens is 520 g/mol. The van der Waals surface area contributed by atoms with E-state index in [-0.39, 0.29) is 11.6 Å². The molecule has 3 aromatic carbocycles. The molecule has 1 fully saturated rings. The Morgan fingerprint density at radius 1 is 0.917 bits per heavy atom. The molecule has 184 valence electrons. The average Bonchev–Trinajstić information content (AvgIpc) is 2.82. The van der Waals surface area contributed by atoms with Gasteiger partial charge in [-0.05, 0) is 36.4 Å². The number of anilines is 1. The molecule has 0 atom stereocenters. The van der Waals surface area contributed by atoms with Crippen molar-refractivity contribution in [1.82, 2.24) is 5.32 Å². The van der Waals surface area contributed by atoms with E-state index in [9.17, 15) is 27.6 Å². The number of nitrogens with one attached hydrogen (secondary N) is 1. The lowest BCUT2D eigenvalue weighted by molar-refractivity contribution is -0.137. The van der Waals surface area contributed by atoms with Gasteiger partial charge in [-0.1, -0.05) is 59.6 Å². The van der Waals surface area contributed by atoms with Crippen LogP contribution in [-0.2, 0) is 22.4 Å². The van der Waals surface area contributed by atoms with E-state index in [4.69, 9.17) is 27.9 Å². The van der Waals surface area contributed by atoms with E-state index in [0.717, 1.165) is 6.07 Å². The van der Waals surface area contributed by atoms with E-state index in [1.165, 1.54) is 6.08 Å². The van der Waals surface area contributed by atoms with Crippen LogP contribution in [0.4, 0.5) is 23.7 Å². The van der Waals surface area contributed by atoms with Gasteiger partial charge in [-0.2, -0.15) is 13.2 Å². The molecule has 0 aliphatic carbocycles. The van der Waals surface area contributed by atoms with Crippen LogP contribution in [0.1, 0.15) is 16.7 Å². The van der Waals surface area contributed by atoms with Gasteiger partial charge in [0.2, 0.25) is 0 Å². The molecule has 4 amide bonds. The first kappa shape index (κ1) is 25.3. The summed E-state index contributed by atoms with van der Waals surface area (Å²) in [6, 6.07) is 14.4. The Kier molecular flexibility index (Phi) is 7.05. The summed E-state index contributed by atoms with van der Waals surface area (Å²) in [5.41, 5.74) is -1.13. The summed E-state index contributed by atoms with van der Waals surface area (Å²) in [4.78, 5) is 38.5. The largest absolute Gasteiger partial charge is 0.488 e. The fourth-order valence-electron chi connectivity index (χ4n) is 3.39. The SMILES string of the molecule is O=C1NC(=O)N(c2cc(C(F)(F)F)ccc2Cl)C(=O)/C1=C\c1ccccc1OCc1ccccc1Cl. The summed E-state index contributed by atoms with van der Waals surface area (Å²) in [6.07, 6.45) is -3.57. The van der Waals surface area contributed by atoms with Crippen LogP contribution in [0.25, 0.3) is 6.08 Å². The maximum atomic E-state index is 13.2. The number of amides is 4. The van der Waals surface area contributed by atoms with E-state index in [1.807, 2.05) is 5.32 Å². The van der Waals surface area contributed by atoms with E-state index in [2.05, 4.69) is 0 Å². The first-order valence-corrected chi connectivity index (χ1v) is 11.1. The summed E-state index contributed by atoms with van der Waals surface area (Å²) in [7, 11) is 0. The second-order valence-corrected chi connectivity index (χ2v) is 8.35. The number of urea groups is 1. The van der Waals surface area contributed by atoms with Gasteiger partial charge < -0.3 is 4.74 Å². The Morgan fingerprint density at radius 3 is 2.33 bits per heavy atom. The molecule has 1 aliphatic heterocycles. The standard InChI is InChI=1S/C25H15Cl2F3N2O4/c26-18-7-3-1-6-15(18)13-36-21-8-4-2-5-14(21)11-17-22(33)31-24(35)32(23(17)34)20-12-16(25(28,29)30)9-10-19(20)27/h1-12H,13H2,(H,31,33,35)/b17-11-. The van der Waals surface area contributed by atoms with Crippen LogP contribution in [-0.4, -0.2) is 17.8 Å². The number of hydrogen-bond acceptors (Lipinski definition) is 4. The number of ether oxygens (including phenoxy) is 1. The van der Waals surface area contributed by atoms with Crippen molar-refractivity contribution in [3.8, 4) is 5.75 Å². The Morgan fingerprint density at radius 2 is 1.61 bits per heavy atom. The number of nitrogens with zero attached hydrogens (tertiary/aromatic N) is 1. The minimum absolute atomic E-state index is 0.0878. The maximum Gasteiger partial charge on any atom is 0.416 e. The molecule has 0 unspecified atom stereocenters. The van der Waals surface area contributed by atoms with Gasteiger partial charge in [0, 0.05) is 16.1 Å². The van der Waals surface area contributed by atoms with Gasteiger partial charge in [0.25, 0.3) is 11.8 Å². The van der Waals surface area contributed by atoms with Gasteiger partial charge in [0.05, 0.1) is 16.3 Å². The first-order chi connectivity index (χ1) is 17.1. The smallest absolute Gasteiger partial charge is 0.416 e. The van der Waals surface area contributed by atoms with Gasteiger partial charge in [-0.3, -0.25) is 14.9 Å². The van der Waals surface area contributed by atoms with Gasteiger partial charge in [0.15, 0.2) is 0 Å². The quantitative estimate of drug-likeness (QED) is 0.309. The minimum atomic E-state index is -4.75. The van der Waals surface area contributed by atoms with Crippen molar-refractivity contribution in [2.45, 2.75) is 12.8 Å². The summed E-state index contributed by atoms with van der Waals surface area (Å²) in [6.45, 7) is 0.0878. The summed E-state index contributed by atoms with van der Waals surface area (Å²) in [5.74, 6) is -1.87. The highest BCUT2D eigenvalue weighted by atomic mass is 35.5. The Hall–Kier alpha value is -3.82. The highest BCUT2D eigenvalue weighted by Gasteiger charge is 2.39. The average molecular weight is 535 g/mol. The van der Waals surface area contributed by atoms with Crippen LogP contribution in [0, 0.1) is 0 Å². The molecule has 6 nitrogen and oxygen atoms in total. The molecule has 1 heterocycles. The second-order valence-electron chi connectivity index (χ2n) is 7.54. The highest BCUT2D eigenvalue weighted by molar-refractivity contribution is 6.42. The number of halogens is 5. The van der Waals surface area contributed by atoms with Crippen molar-refractivity contribution in [3.05, 3.63) is 99.0 Å². The molecule has 4 rings (SSSR count). The Balaban J connectivity index is 1.69. The van der Waals surface area contributed by atoms with Crippen molar-refractivity contribution < 1.29 is 32.3 Å². The zero-order valence-electron chi connectivity index (χ0n) is 18.1. The third kappa shape index (κ3) is 5.22. The summed E-state index contributed by atoms with van der Waals surface area (Å²) >= 11 is 12.2.